The van der Waals surface area contributed by atoms with E-state index in [0.29, 0.717) is 23.6 Å². The predicted octanol–water partition coefficient (Wildman–Crippen LogP) is 1.71. The maximum Gasteiger partial charge on any atom is 0.254 e. The topological polar surface area (TPSA) is 87.2 Å². The maximum atomic E-state index is 11.9. The first-order valence-electron chi connectivity index (χ1n) is 7.58. The fraction of sp³-hybridized carbons (Fsp3) is 0.294. The number of anilines is 2. The third-order valence-electron chi connectivity index (χ3n) is 3.31. The van der Waals surface area contributed by atoms with E-state index in [-0.39, 0.29) is 11.7 Å². The van der Waals surface area contributed by atoms with E-state index in [1.54, 1.807) is 24.3 Å². The molecule has 1 amide bonds. The van der Waals surface area contributed by atoms with E-state index in [1.165, 1.54) is 19.3 Å². The third kappa shape index (κ3) is 5.13. The lowest BCUT2D eigenvalue weighted by Crippen LogP contribution is -2.31. The van der Waals surface area contributed by atoms with Crippen LogP contribution in [0.15, 0.2) is 36.7 Å². The summed E-state index contributed by atoms with van der Waals surface area (Å²) in [6, 6.07) is 7.03. The Labute approximate surface area is 141 Å². The molecule has 0 aliphatic heterocycles. The van der Waals surface area contributed by atoms with Gasteiger partial charge in [-0.05, 0) is 45.3 Å². The van der Waals surface area contributed by atoms with Gasteiger partial charge in [-0.25, -0.2) is 9.97 Å². The molecule has 7 heteroatoms. The van der Waals surface area contributed by atoms with Crippen LogP contribution in [0.5, 0.6) is 0 Å². The minimum Gasteiger partial charge on any atom is -0.351 e. The molecule has 2 N–H and O–H groups in total. The smallest absolute Gasteiger partial charge is 0.254 e. The van der Waals surface area contributed by atoms with Crippen molar-refractivity contribution in [3.05, 3.63) is 47.8 Å². The fourth-order valence-electron chi connectivity index (χ4n) is 1.92. The summed E-state index contributed by atoms with van der Waals surface area (Å²) in [4.78, 5) is 33.4. The molecule has 24 heavy (non-hydrogen) atoms. The lowest BCUT2D eigenvalue weighted by molar-refractivity contribution is 0.0949. The van der Waals surface area contributed by atoms with Crippen molar-refractivity contribution in [2.75, 3.05) is 32.5 Å². The monoisotopic (exact) mass is 327 g/mol. The van der Waals surface area contributed by atoms with E-state index in [9.17, 15) is 9.59 Å². The Kier molecular flexibility index (Phi) is 5.97. The molecule has 0 saturated heterocycles. The average Bonchev–Trinajstić information content (AvgIpc) is 2.55. The Morgan fingerprint density at radius 1 is 1.04 bits per heavy atom. The third-order valence-corrected chi connectivity index (χ3v) is 3.31. The van der Waals surface area contributed by atoms with Crippen molar-refractivity contribution in [3.8, 4) is 0 Å². The molecule has 0 saturated carbocycles. The summed E-state index contributed by atoms with van der Waals surface area (Å²) < 4.78 is 0. The van der Waals surface area contributed by atoms with Crippen molar-refractivity contribution in [1.82, 2.24) is 20.2 Å². The van der Waals surface area contributed by atoms with Crippen LogP contribution in [-0.4, -0.2) is 53.7 Å². The van der Waals surface area contributed by atoms with Gasteiger partial charge < -0.3 is 15.5 Å². The first-order chi connectivity index (χ1) is 11.5. The molecule has 1 aromatic carbocycles. The van der Waals surface area contributed by atoms with Crippen LogP contribution in [0.4, 0.5) is 11.6 Å². The molecule has 0 spiro atoms. The molecular formula is C17H21N5O2. The number of ketones is 1. The standard InChI is InChI=1S/C17H21N5O2/c1-12(23)13-4-6-15(7-5-13)21-17-19-10-14(11-20-17)16(24)18-8-9-22(2)3/h4-7,10-11H,8-9H2,1-3H3,(H,18,24)(H,19,20,21). The lowest BCUT2D eigenvalue weighted by Gasteiger charge is -2.10. The van der Waals surface area contributed by atoms with Crippen molar-refractivity contribution >= 4 is 23.3 Å². The number of Topliss-reactive ketones (excluding diaryl/α,β-unsaturated/α-hetero) is 1. The van der Waals surface area contributed by atoms with Crippen LogP contribution in [0.3, 0.4) is 0 Å². The molecule has 0 fully saturated rings. The molecular weight excluding hydrogens is 306 g/mol. The molecule has 0 radical (unpaired) electrons. The Balaban J connectivity index is 1.94. The van der Waals surface area contributed by atoms with Gasteiger partial charge in [0.05, 0.1) is 5.56 Å². The summed E-state index contributed by atoms with van der Waals surface area (Å²) in [5.41, 5.74) is 1.82. The van der Waals surface area contributed by atoms with Gasteiger partial charge in [0.2, 0.25) is 5.95 Å². The van der Waals surface area contributed by atoms with Crippen LogP contribution in [-0.2, 0) is 0 Å². The largest absolute Gasteiger partial charge is 0.351 e. The minimum absolute atomic E-state index is 0.0161. The van der Waals surface area contributed by atoms with Crippen molar-refractivity contribution in [2.45, 2.75) is 6.92 Å². The first kappa shape index (κ1) is 17.6. The van der Waals surface area contributed by atoms with Gasteiger partial charge >= 0.3 is 0 Å². The van der Waals surface area contributed by atoms with E-state index >= 15 is 0 Å². The number of amides is 1. The van der Waals surface area contributed by atoms with Gasteiger partial charge in [0.1, 0.15) is 0 Å². The molecule has 0 bridgehead atoms. The molecule has 2 aromatic rings. The second-order valence-corrected chi connectivity index (χ2v) is 5.61. The molecule has 0 atom stereocenters. The quantitative estimate of drug-likeness (QED) is 0.753. The Morgan fingerprint density at radius 2 is 1.67 bits per heavy atom. The Morgan fingerprint density at radius 3 is 2.21 bits per heavy atom. The molecule has 1 aromatic heterocycles. The second kappa shape index (κ2) is 8.16. The molecule has 0 unspecified atom stereocenters. The van der Waals surface area contributed by atoms with Crippen LogP contribution >= 0.6 is 0 Å². The zero-order valence-corrected chi connectivity index (χ0v) is 14.0. The van der Waals surface area contributed by atoms with Crippen LogP contribution in [0.1, 0.15) is 27.6 Å². The Hall–Kier alpha value is -2.80. The van der Waals surface area contributed by atoms with E-state index in [1.807, 2.05) is 19.0 Å². The molecule has 126 valence electrons. The molecule has 2 rings (SSSR count). The number of aromatic nitrogens is 2. The zero-order valence-electron chi connectivity index (χ0n) is 14.0. The fourth-order valence-corrected chi connectivity index (χ4v) is 1.92. The molecule has 1 heterocycles. The highest BCUT2D eigenvalue weighted by Crippen LogP contribution is 2.14. The SMILES string of the molecule is CC(=O)c1ccc(Nc2ncc(C(=O)NCCN(C)C)cn2)cc1. The van der Waals surface area contributed by atoms with E-state index in [2.05, 4.69) is 20.6 Å². The van der Waals surface area contributed by atoms with Crippen LogP contribution in [0, 0.1) is 0 Å². The number of hydrogen-bond donors (Lipinski definition) is 2. The van der Waals surface area contributed by atoms with Gasteiger partial charge in [-0.1, -0.05) is 0 Å². The normalized spacial score (nSPS) is 10.5. The summed E-state index contributed by atoms with van der Waals surface area (Å²) in [7, 11) is 3.89. The number of benzene rings is 1. The number of carbonyl (C=O) groups is 2. The van der Waals surface area contributed by atoms with Crippen molar-refractivity contribution < 1.29 is 9.59 Å². The van der Waals surface area contributed by atoms with Gasteiger partial charge in [0, 0.05) is 36.7 Å². The predicted molar refractivity (Wildman–Crippen MR) is 92.6 cm³/mol. The highest BCUT2D eigenvalue weighted by Gasteiger charge is 2.07. The van der Waals surface area contributed by atoms with E-state index < -0.39 is 0 Å². The van der Waals surface area contributed by atoms with Crippen LogP contribution in [0.2, 0.25) is 0 Å². The van der Waals surface area contributed by atoms with E-state index in [4.69, 9.17) is 0 Å². The lowest BCUT2D eigenvalue weighted by atomic mass is 10.1. The summed E-state index contributed by atoms with van der Waals surface area (Å²) in [5, 5.41) is 5.83. The number of likely N-dealkylation sites (N-methyl/N-ethyl adjacent to an activating group) is 1. The molecule has 0 aliphatic rings. The average molecular weight is 327 g/mol. The molecule has 0 aliphatic carbocycles. The summed E-state index contributed by atoms with van der Waals surface area (Å²) in [6.45, 7) is 2.85. The number of nitrogens with zero attached hydrogens (tertiary/aromatic N) is 3. The number of nitrogens with one attached hydrogen (secondary N) is 2. The number of hydrogen-bond acceptors (Lipinski definition) is 6. The van der Waals surface area contributed by atoms with Gasteiger partial charge in [-0.15, -0.1) is 0 Å². The highest BCUT2D eigenvalue weighted by atomic mass is 16.1. The summed E-state index contributed by atoms with van der Waals surface area (Å²) >= 11 is 0. The van der Waals surface area contributed by atoms with Crippen molar-refractivity contribution in [3.63, 3.8) is 0 Å². The van der Waals surface area contributed by atoms with Crippen molar-refractivity contribution in [1.29, 1.82) is 0 Å². The second-order valence-electron chi connectivity index (χ2n) is 5.61. The van der Waals surface area contributed by atoms with Gasteiger partial charge in [-0.2, -0.15) is 0 Å². The van der Waals surface area contributed by atoms with Gasteiger partial charge in [-0.3, -0.25) is 9.59 Å². The van der Waals surface area contributed by atoms with E-state index in [0.717, 1.165) is 12.2 Å². The minimum atomic E-state index is -0.200. The molecule has 7 nitrogen and oxygen atoms in total. The van der Waals surface area contributed by atoms with Gasteiger partial charge in [0.15, 0.2) is 5.78 Å². The van der Waals surface area contributed by atoms with Gasteiger partial charge in [0.25, 0.3) is 5.91 Å². The van der Waals surface area contributed by atoms with Crippen molar-refractivity contribution in [2.24, 2.45) is 0 Å². The maximum absolute atomic E-state index is 11.9. The van der Waals surface area contributed by atoms with Crippen LogP contribution < -0.4 is 10.6 Å². The van der Waals surface area contributed by atoms with Crippen LogP contribution in [0.25, 0.3) is 0 Å². The highest BCUT2D eigenvalue weighted by molar-refractivity contribution is 5.94. The first-order valence-corrected chi connectivity index (χ1v) is 7.58. The number of rotatable bonds is 7. The Bertz CT molecular complexity index is 696. The zero-order chi connectivity index (χ0) is 17.5. The summed E-state index contributed by atoms with van der Waals surface area (Å²) in [6.07, 6.45) is 2.95. The summed E-state index contributed by atoms with van der Waals surface area (Å²) in [5.74, 6) is 0.201. The number of carbonyl (C=O) groups excluding carboxylic acids is 2.